The summed E-state index contributed by atoms with van der Waals surface area (Å²) in [5, 5.41) is 18.0. The van der Waals surface area contributed by atoms with Crippen LogP contribution in [0.3, 0.4) is 0 Å². The molecule has 2 rings (SSSR count). The molecule has 0 radical (unpaired) electrons. The van der Waals surface area contributed by atoms with E-state index in [1.54, 1.807) is 4.68 Å². The van der Waals surface area contributed by atoms with E-state index >= 15 is 0 Å². The molecular weight excluding hydrogens is 208 g/mol. The SMILES string of the molecule is O=[N+]([O-])c1cnn(C2CCCCNCC2)c1. The number of nitro groups is 1. The van der Waals surface area contributed by atoms with Crippen LogP contribution < -0.4 is 5.32 Å². The molecule has 0 aromatic carbocycles. The molecule has 0 spiro atoms. The lowest BCUT2D eigenvalue weighted by Gasteiger charge is -2.20. The maximum atomic E-state index is 10.6. The van der Waals surface area contributed by atoms with Gasteiger partial charge in [0, 0.05) is 0 Å². The Labute approximate surface area is 93.8 Å². The van der Waals surface area contributed by atoms with Gasteiger partial charge in [-0.15, -0.1) is 0 Å². The summed E-state index contributed by atoms with van der Waals surface area (Å²) in [7, 11) is 0. The van der Waals surface area contributed by atoms with Crippen molar-refractivity contribution in [2.24, 2.45) is 0 Å². The third-order valence-corrected chi connectivity index (χ3v) is 2.97. The molecule has 0 aliphatic carbocycles. The maximum Gasteiger partial charge on any atom is 0.307 e. The Balaban J connectivity index is 2.05. The van der Waals surface area contributed by atoms with Gasteiger partial charge in [-0.2, -0.15) is 5.10 Å². The third kappa shape index (κ3) is 2.57. The maximum absolute atomic E-state index is 10.6. The molecule has 1 aromatic heterocycles. The molecule has 0 amide bonds. The Morgan fingerprint density at radius 2 is 2.31 bits per heavy atom. The van der Waals surface area contributed by atoms with Crippen molar-refractivity contribution in [3.05, 3.63) is 22.5 Å². The molecule has 16 heavy (non-hydrogen) atoms. The smallest absolute Gasteiger partial charge is 0.307 e. The molecule has 1 fully saturated rings. The van der Waals surface area contributed by atoms with Crippen LogP contribution >= 0.6 is 0 Å². The lowest BCUT2D eigenvalue weighted by molar-refractivity contribution is -0.385. The lowest BCUT2D eigenvalue weighted by atomic mass is 10.0. The monoisotopic (exact) mass is 224 g/mol. The van der Waals surface area contributed by atoms with Gasteiger partial charge in [-0.25, -0.2) is 0 Å². The molecule has 1 atom stereocenters. The number of nitrogens with one attached hydrogen (secondary N) is 1. The van der Waals surface area contributed by atoms with Gasteiger partial charge in [-0.1, -0.05) is 6.42 Å². The van der Waals surface area contributed by atoms with E-state index in [2.05, 4.69) is 10.4 Å². The Hall–Kier alpha value is -1.43. The Kier molecular flexibility index (Phi) is 3.51. The van der Waals surface area contributed by atoms with Crippen molar-refractivity contribution in [3.63, 3.8) is 0 Å². The molecule has 1 aliphatic rings. The summed E-state index contributed by atoms with van der Waals surface area (Å²) in [6.07, 6.45) is 7.21. The van der Waals surface area contributed by atoms with Crippen molar-refractivity contribution in [1.29, 1.82) is 0 Å². The minimum atomic E-state index is -0.398. The zero-order chi connectivity index (χ0) is 11.4. The summed E-state index contributed by atoms with van der Waals surface area (Å²) in [6.45, 7) is 2.03. The van der Waals surface area contributed by atoms with Crippen molar-refractivity contribution >= 4 is 5.69 Å². The van der Waals surface area contributed by atoms with Crippen LogP contribution in [0.25, 0.3) is 0 Å². The average Bonchev–Trinajstić information content (AvgIpc) is 2.66. The van der Waals surface area contributed by atoms with Crippen LogP contribution in [-0.4, -0.2) is 27.8 Å². The van der Waals surface area contributed by atoms with E-state index < -0.39 is 4.92 Å². The molecule has 1 aromatic rings. The molecular formula is C10H16N4O2. The standard InChI is InChI=1S/C10H16N4O2/c15-14(16)10-7-12-13(8-10)9-3-1-2-5-11-6-4-9/h7-9,11H,1-6H2. The molecule has 88 valence electrons. The minimum absolute atomic E-state index is 0.0787. The predicted molar refractivity (Wildman–Crippen MR) is 59.3 cm³/mol. The molecule has 1 aliphatic heterocycles. The van der Waals surface area contributed by atoms with Crippen molar-refractivity contribution in [2.45, 2.75) is 31.7 Å². The van der Waals surface area contributed by atoms with Crippen LogP contribution in [0.4, 0.5) is 5.69 Å². The first-order valence-electron chi connectivity index (χ1n) is 5.66. The van der Waals surface area contributed by atoms with Crippen LogP contribution in [0.1, 0.15) is 31.7 Å². The van der Waals surface area contributed by atoms with Gasteiger partial charge in [0.25, 0.3) is 0 Å². The third-order valence-electron chi connectivity index (χ3n) is 2.97. The van der Waals surface area contributed by atoms with Crippen LogP contribution in [0, 0.1) is 10.1 Å². The second kappa shape index (κ2) is 5.07. The fourth-order valence-electron chi connectivity index (χ4n) is 2.05. The predicted octanol–water partition coefficient (Wildman–Crippen LogP) is 1.50. The van der Waals surface area contributed by atoms with E-state index in [9.17, 15) is 10.1 Å². The van der Waals surface area contributed by atoms with Gasteiger partial charge in [0.2, 0.25) is 0 Å². The fraction of sp³-hybridized carbons (Fsp3) is 0.700. The quantitative estimate of drug-likeness (QED) is 0.610. The lowest BCUT2D eigenvalue weighted by Crippen LogP contribution is -2.24. The van der Waals surface area contributed by atoms with E-state index in [0.29, 0.717) is 6.04 Å². The van der Waals surface area contributed by atoms with Gasteiger partial charge in [-0.3, -0.25) is 14.8 Å². The number of hydrogen-bond acceptors (Lipinski definition) is 4. The Morgan fingerprint density at radius 3 is 3.06 bits per heavy atom. The first-order chi connectivity index (χ1) is 7.77. The summed E-state index contributed by atoms with van der Waals surface area (Å²) in [5.74, 6) is 0. The van der Waals surface area contributed by atoms with Crippen molar-refractivity contribution < 1.29 is 4.92 Å². The van der Waals surface area contributed by atoms with Gasteiger partial charge in [0.1, 0.15) is 12.4 Å². The summed E-state index contributed by atoms with van der Waals surface area (Å²) in [5.41, 5.74) is 0.0787. The summed E-state index contributed by atoms with van der Waals surface area (Å²) < 4.78 is 1.74. The second-order valence-electron chi connectivity index (χ2n) is 4.12. The summed E-state index contributed by atoms with van der Waals surface area (Å²) >= 11 is 0. The van der Waals surface area contributed by atoms with Gasteiger partial charge >= 0.3 is 5.69 Å². The van der Waals surface area contributed by atoms with E-state index in [1.165, 1.54) is 18.8 Å². The Bertz CT molecular complexity index is 355. The van der Waals surface area contributed by atoms with Gasteiger partial charge in [0.15, 0.2) is 0 Å². The van der Waals surface area contributed by atoms with E-state index in [-0.39, 0.29) is 5.69 Å². The van der Waals surface area contributed by atoms with E-state index in [4.69, 9.17) is 0 Å². The first kappa shape index (κ1) is 11.1. The van der Waals surface area contributed by atoms with Crippen molar-refractivity contribution in [2.75, 3.05) is 13.1 Å². The minimum Gasteiger partial charge on any atom is -0.317 e. The van der Waals surface area contributed by atoms with E-state index in [1.807, 2.05) is 0 Å². The normalized spacial score (nSPS) is 22.4. The highest BCUT2D eigenvalue weighted by Gasteiger charge is 2.17. The molecule has 1 unspecified atom stereocenters. The molecule has 1 N–H and O–H groups in total. The van der Waals surface area contributed by atoms with Gasteiger partial charge in [0.05, 0.1) is 11.0 Å². The first-order valence-corrected chi connectivity index (χ1v) is 5.66. The zero-order valence-corrected chi connectivity index (χ0v) is 9.13. The molecule has 6 nitrogen and oxygen atoms in total. The highest BCUT2D eigenvalue weighted by Crippen LogP contribution is 2.21. The molecule has 2 heterocycles. The molecule has 6 heteroatoms. The van der Waals surface area contributed by atoms with Crippen LogP contribution in [-0.2, 0) is 0 Å². The van der Waals surface area contributed by atoms with Gasteiger partial charge < -0.3 is 5.32 Å². The number of nitrogens with zero attached hydrogens (tertiary/aromatic N) is 3. The average molecular weight is 224 g/mol. The van der Waals surface area contributed by atoms with Gasteiger partial charge in [-0.05, 0) is 32.4 Å². The second-order valence-corrected chi connectivity index (χ2v) is 4.12. The van der Waals surface area contributed by atoms with Crippen molar-refractivity contribution in [3.8, 4) is 0 Å². The van der Waals surface area contributed by atoms with Crippen molar-refractivity contribution in [1.82, 2.24) is 15.1 Å². The molecule has 1 saturated heterocycles. The number of rotatable bonds is 2. The number of hydrogen-bond donors (Lipinski definition) is 1. The highest BCUT2D eigenvalue weighted by atomic mass is 16.6. The fourth-order valence-corrected chi connectivity index (χ4v) is 2.05. The Morgan fingerprint density at radius 1 is 1.44 bits per heavy atom. The number of aromatic nitrogens is 2. The topological polar surface area (TPSA) is 73.0 Å². The van der Waals surface area contributed by atoms with Crippen LogP contribution in [0.15, 0.2) is 12.4 Å². The largest absolute Gasteiger partial charge is 0.317 e. The van der Waals surface area contributed by atoms with Crippen LogP contribution in [0.2, 0.25) is 0 Å². The highest BCUT2D eigenvalue weighted by molar-refractivity contribution is 5.21. The van der Waals surface area contributed by atoms with E-state index in [0.717, 1.165) is 32.4 Å². The summed E-state index contributed by atoms with van der Waals surface area (Å²) in [6, 6.07) is 0.293. The summed E-state index contributed by atoms with van der Waals surface area (Å²) in [4.78, 5) is 10.2. The zero-order valence-electron chi connectivity index (χ0n) is 9.13. The van der Waals surface area contributed by atoms with Crippen LogP contribution in [0.5, 0.6) is 0 Å². The molecule has 0 saturated carbocycles. The molecule has 0 bridgehead atoms.